The van der Waals surface area contributed by atoms with E-state index in [2.05, 4.69) is 28.6 Å². The van der Waals surface area contributed by atoms with E-state index in [1.807, 2.05) is 24.4 Å². The average molecular weight is 262 g/mol. The van der Waals surface area contributed by atoms with Crippen molar-refractivity contribution in [3.05, 3.63) is 41.3 Å². The molecule has 1 aromatic heterocycles. The predicted molar refractivity (Wildman–Crippen MR) is 76.3 cm³/mol. The van der Waals surface area contributed by atoms with Crippen molar-refractivity contribution in [2.75, 3.05) is 13.7 Å². The van der Waals surface area contributed by atoms with Gasteiger partial charge in [0, 0.05) is 13.3 Å². The minimum absolute atomic E-state index is 0.268. The molecule has 2 aromatic rings. The Hall–Kier alpha value is -1.39. The first-order valence-electron chi connectivity index (χ1n) is 6.12. The van der Waals surface area contributed by atoms with Gasteiger partial charge in [0.2, 0.25) is 0 Å². The number of nitrogens with zero attached hydrogens (tertiary/aromatic N) is 1. The molecule has 0 aliphatic rings. The molecule has 96 valence electrons. The molecule has 0 radical (unpaired) electrons. The number of rotatable bonds is 5. The molecule has 0 aliphatic carbocycles. The summed E-state index contributed by atoms with van der Waals surface area (Å²) >= 11 is 5.38. The summed E-state index contributed by atoms with van der Waals surface area (Å²) in [5.41, 5.74) is 2.28. The third kappa shape index (κ3) is 2.54. The summed E-state index contributed by atoms with van der Waals surface area (Å²) in [4.78, 5) is 3.13. The fourth-order valence-electron chi connectivity index (χ4n) is 2.14. The largest absolute Gasteiger partial charge is 0.383 e. The normalized spacial score (nSPS) is 12.6. The van der Waals surface area contributed by atoms with Crippen molar-refractivity contribution in [1.29, 1.82) is 0 Å². The Morgan fingerprint density at radius 3 is 2.67 bits per heavy atom. The molecule has 0 aliphatic heterocycles. The summed E-state index contributed by atoms with van der Waals surface area (Å²) in [6, 6.07) is 10.5. The molecule has 0 fully saturated rings. The van der Waals surface area contributed by atoms with Crippen LogP contribution >= 0.6 is 12.2 Å². The highest BCUT2D eigenvalue weighted by atomic mass is 32.1. The number of imidazole rings is 1. The van der Waals surface area contributed by atoms with E-state index in [0.29, 0.717) is 6.61 Å². The van der Waals surface area contributed by atoms with Gasteiger partial charge in [-0.15, -0.1) is 0 Å². The van der Waals surface area contributed by atoms with Crippen molar-refractivity contribution in [2.24, 2.45) is 0 Å². The van der Waals surface area contributed by atoms with Gasteiger partial charge in [-0.05, 0) is 24.2 Å². The SMILES string of the molecule is CCC(COC)n1c(-c2ccccc2)c[nH]c1=S. The topological polar surface area (TPSA) is 29.9 Å². The van der Waals surface area contributed by atoms with Gasteiger partial charge in [-0.3, -0.25) is 0 Å². The number of benzene rings is 1. The van der Waals surface area contributed by atoms with Gasteiger partial charge in [-0.1, -0.05) is 37.3 Å². The van der Waals surface area contributed by atoms with Gasteiger partial charge in [0.05, 0.1) is 18.3 Å². The summed E-state index contributed by atoms with van der Waals surface area (Å²) in [6.07, 6.45) is 2.95. The molecule has 0 saturated carbocycles. The van der Waals surface area contributed by atoms with E-state index >= 15 is 0 Å². The van der Waals surface area contributed by atoms with Crippen LogP contribution in [-0.4, -0.2) is 23.3 Å². The molecule has 4 heteroatoms. The number of H-pyrrole nitrogens is 1. The number of hydrogen-bond acceptors (Lipinski definition) is 2. The zero-order chi connectivity index (χ0) is 13.0. The van der Waals surface area contributed by atoms with Gasteiger partial charge in [-0.2, -0.15) is 0 Å². The van der Waals surface area contributed by atoms with Crippen LogP contribution in [0.2, 0.25) is 0 Å². The summed E-state index contributed by atoms with van der Waals surface area (Å²) in [5.74, 6) is 0. The number of ether oxygens (including phenoxy) is 1. The lowest BCUT2D eigenvalue weighted by atomic mass is 10.1. The van der Waals surface area contributed by atoms with E-state index in [1.54, 1.807) is 7.11 Å². The summed E-state index contributed by atoms with van der Waals surface area (Å²) in [6.45, 7) is 2.82. The number of hydrogen-bond donors (Lipinski definition) is 1. The van der Waals surface area contributed by atoms with E-state index in [9.17, 15) is 0 Å². The van der Waals surface area contributed by atoms with Gasteiger partial charge >= 0.3 is 0 Å². The van der Waals surface area contributed by atoms with Crippen LogP contribution in [0.1, 0.15) is 19.4 Å². The van der Waals surface area contributed by atoms with Crippen molar-refractivity contribution in [2.45, 2.75) is 19.4 Å². The lowest BCUT2D eigenvalue weighted by molar-refractivity contribution is 0.153. The maximum absolute atomic E-state index is 5.38. The molecule has 18 heavy (non-hydrogen) atoms. The van der Waals surface area contributed by atoms with Gasteiger partial charge < -0.3 is 14.3 Å². The molecule has 1 atom stereocenters. The van der Waals surface area contributed by atoms with E-state index in [4.69, 9.17) is 17.0 Å². The Balaban J connectivity index is 2.47. The highest BCUT2D eigenvalue weighted by molar-refractivity contribution is 7.71. The maximum Gasteiger partial charge on any atom is 0.177 e. The van der Waals surface area contributed by atoms with E-state index in [-0.39, 0.29) is 6.04 Å². The van der Waals surface area contributed by atoms with Gasteiger partial charge in [0.1, 0.15) is 0 Å². The quantitative estimate of drug-likeness (QED) is 0.830. The first-order valence-corrected chi connectivity index (χ1v) is 6.53. The van der Waals surface area contributed by atoms with Crippen LogP contribution in [0.5, 0.6) is 0 Å². The third-order valence-corrected chi connectivity index (χ3v) is 3.39. The Labute approximate surface area is 112 Å². The van der Waals surface area contributed by atoms with Crippen LogP contribution in [0.25, 0.3) is 11.3 Å². The van der Waals surface area contributed by atoms with Gasteiger partial charge in [0.25, 0.3) is 0 Å². The fraction of sp³-hybridized carbons (Fsp3) is 0.357. The number of aromatic nitrogens is 2. The second kappa shape index (κ2) is 5.98. The van der Waals surface area contributed by atoms with Crippen LogP contribution in [0, 0.1) is 4.77 Å². The highest BCUT2D eigenvalue weighted by Gasteiger charge is 2.14. The molecular weight excluding hydrogens is 244 g/mol. The number of methoxy groups -OCH3 is 1. The van der Waals surface area contributed by atoms with E-state index in [0.717, 1.165) is 16.9 Å². The second-order valence-electron chi connectivity index (χ2n) is 4.23. The zero-order valence-electron chi connectivity index (χ0n) is 10.7. The monoisotopic (exact) mass is 262 g/mol. The van der Waals surface area contributed by atoms with Crippen LogP contribution in [0.15, 0.2) is 36.5 Å². The Morgan fingerprint density at radius 2 is 2.06 bits per heavy atom. The van der Waals surface area contributed by atoms with Gasteiger partial charge in [0.15, 0.2) is 4.77 Å². The molecule has 3 nitrogen and oxygen atoms in total. The highest BCUT2D eigenvalue weighted by Crippen LogP contribution is 2.24. The van der Waals surface area contributed by atoms with Crippen molar-refractivity contribution in [1.82, 2.24) is 9.55 Å². The molecule has 1 heterocycles. The van der Waals surface area contributed by atoms with Crippen molar-refractivity contribution < 1.29 is 4.74 Å². The molecule has 0 saturated heterocycles. The molecule has 1 unspecified atom stereocenters. The Kier molecular flexibility index (Phi) is 4.33. The summed E-state index contributed by atoms with van der Waals surface area (Å²) in [7, 11) is 1.72. The van der Waals surface area contributed by atoms with Crippen LogP contribution in [-0.2, 0) is 4.74 Å². The number of aromatic amines is 1. The fourth-order valence-corrected chi connectivity index (χ4v) is 2.45. The minimum Gasteiger partial charge on any atom is -0.383 e. The van der Waals surface area contributed by atoms with Crippen molar-refractivity contribution in [3.63, 3.8) is 0 Å². The third-order valence-electron chi connectivity index (χ3n) is 3.08. The van der Waals surface area contributed by atoms with Crippen molar-refractivity contribution >= 4 is 12.2 Å². The van der Waals surface area contributed by atoms with E-state index in [1.165, 1.54) is 5.56 Å². The average Bonchev–Trinajstić information content (AvgIpc) is 2.79. The molecule has 1 N–H and O–H groups in total. The standard InChI is InChI=1S/C14H18N2OS/c1-3-12(10-17-2)16-13(9-15-14(16)18)11-7-5-4-6-8-11/h4-9,12H,3,10H2,1-2H3,(H,15,18). The first kappa shape index (κ1) is 13.1. The molecule has 0 amide bonds. The van der Waals surface area contributed by atoms with Crippen LogP contribution in [0.3, 0.4) is 0 Å². The first-order chi connectivity index (χ1) is 8.77. The lowest BCUT2D eigenvalue weighted by Crippen LogP contribution is -2.15. The van der Waals surface area contributed by atoms with E-state index < -0.39 is 0 Å². The molecule has 2 rings (SSSR count). The Morgan fingerprint density at radius 1 is 1.33 bits per heavy atom. The maximum atomic E-state index is 5.38. The number of nitrogens with one attached hydrogen (secondary N) is 1. The molecule has 0 bridgehead atoms. The van der Waals surface area contributed by atoms with Crippen LogP contribution < -0.4 is 0 Å². The zero-order valence-corrected chi connectivity index (χ0v) is 11.5. The smallest absolute Gasteiger partial charge is 0.177 e. The second-order valence-corrected chi connectivity index (χ2v) is 4.62. The van der Waals surface area contributed by atoms with Crippen LogP contribution in [0.4, 0.5) is 0 Å². The summed E-state index contributed by atoms with van der Waals surface area (Å²) in [5, 5.41) is 0. The molecule has 0 spiro atoms. The molecule has 1 aromatic carbocycles. The minimum atomic E-state index is 0.268. The summed E-state index contributed by atoms with van der Waals surface area (Å²) < 4.78 is 8.18. The van der Waals surface area contributed by atoms with Gasteiger partial charge in [-0.25, -0.2) is 0 Å². The molecular formula is C14H18N2OS. The Bertz CT molecular complexity index is 544. The lowest BCUT2D eigenvalue weighted by Gasteiger charge is -2.18. The predicted octanol–water partition coefficient (Wildman–Crippen LogP) is 3.81. The van der Waals surface area contributed by atoms with Crippen molar-refractivity contribution in [3.8, 4) is 11.3 Å².